The van der Waals surface area contributed by atoms with Crippen LogP contribution >= 0.6 is 0 Å². The van der Waals surface area contributed by atoms with Gasteiger partial charge in [-0.2, -0.15) is 0 Å². The first-order valence-corrected chi connectivity index (χ1v) is 8.28. The van der Waals surface area contributed by atoms with Crippen LogP contribution in [-0.2, 0) is 4.79 Å². The second kappa shape index (κ2) is 8.97. The highest BCUT2D eigenvalue weighted by Gasteiger charge is 2.14. The number of rotatable bonds is 8. The number of nitrogens with one attached hydrogen (secondary N) is 1. The highest BCUT2D eigenvalue weighted by Crippen LogP contribution is 2.24. The van der Waals surface area contributed by atoms with Crippen LogP contribution in [0.4, 0.5) is 0 Å². The minimum atomic E-state index is -0.156. The number of amides is 1. The summed E-state index contributed by atoms with van der Waals surface area (Å²) in [5, 5.41) is 3.01. The number of ether oxygens (including phenoxy) is 3. The van der Waals surface area contributed by atoms with Crippen molar-refractivity contribution in [2.24, 2.45) is 0 Å². The normalized spacial score (nSPS) is 11.5. The zero-order valence-corrected chi connectivity index (χ0v) is 15.2. The standard InChI is InChI=1S/C20H25NO4/c1-5-18(15-6-11-19(24-4)14(2)12-15)21-20(22)13-25-17-9-7-16(23-3)8-10-17/h6-12,18H,5,13H2,1-4H3,(H,21,22). The van der Waals surface area contributed by atoms with E-state index in [1.165, 1.54) is 0 Å². The van der Waals surface area contributed by atoms with Crippen LogP contribution in [0.3, 0.4) is 0 Å². The summed E-state index contributed by atoms with van der Waals surface area (Å²) in [5.74, 6) is 2.06. The molecule has 0 aliphatic heterocycles. The van der Waals surface area contributed by atoms with Crippen LogP contribution in [-0.4, -0.2) is 26.7 Å². The minimum absolute atomic E-state index is 0.0298. The van der Waals surface area contributed by atoms with E-state index in [4.69, 9.17) is 14.2 Å². The average Bonchev–Trinajstić information content (AvgIpc) is 2.64. The molecule has 0 bridgehead atoms. The lowest BCUT2D eigenvalue weighted by Gasteiger charge is -2.19. The summed E-state index contributed by atoms with van der Waals surface area (Å²) in [5.41, 5.74) is 2.10. The van der Waals surface area contributed by atoms with E-state index in [1.54, 1.807) is 38.5 Å². The summed E-state index contributed by atoms with van der Waals surface area (Å²) in [6.07, 6.45) is 0.792. The number of methoxy groups -OCH3 is 2. The molecule has 0 saturated carbocycles. The SMILES string of the molecule is CCC(NC(=O)COc1ccc(OC)cc1)c1ccc(OC)c(C)c1. The third-order valence-electron chi connectivity index (χ3n) is 3.99. The minimum Gasteiger partial charge on any atom is -0.497 e. The Balaban J connectivity index is 1.93. The molecular weight excluding hydrogens is 318 g/mol. The Morgan fingerprint density at radius 2 is 1.72 bits per heavy atom. The molecule has 0 radical (unpaired) electrons. The molecular formula is C20H25NO4. The summed E-state index contributed by atoms with van der Waals surface area (Å²) < 4.78 is 15.9. The molecule has 2 rings (SSSR count). The zero-order chi connectivity index (χ0) is 18.2. The van der Waals surface area contributed by atoms with Crippen molar-refractivity contribution in [1.82, 2.24) is 5.32 Å². The third-order valence-corrected chi connectivity index (χ3v) is 3.99. The summed E-state index contributed by atoms with van der Waals surface area (Å²) >= 11 is 0. The van der Waals surface area contributed by atoms with Crippen molar-refractivity contribution >= 4 is 5.91 Å². The smallest absolute Gasteiger partial charge is 0.258 e. The molecule has 0 aromatic heterocycles. The van der Waals surface area contributed by atoms with Gasteiger partial charge in [0.05, 0.1) is 20.3 Å². The number of benzene rings is 2. The van der Waals surface area contributed by atoms with Crippen molar-refractivity contribution in [2.45, 2.75) is 26.3 Å². The van der Waals surface area contributed by atoms with Crippen LogP contribution in [0.2, 0.25) is 0 Å². The predicted molar refractivity (Wildman–Crippen MR) is 97.4 cm³/mol. The van der Waals surface area contributed by atoms with Gasteiger partial charge in [-0.1, -0.05) is 19.1 Å². The van der Waals surface area contributed by atoms with E-state index in [-0.39, 0.29) is 18.6 Å². The van der Waals surface area contributed by atoms with Gasteiger partial charge < -0.3 is 19.5 Å². The number of hydrogen-bond donors (Lipinski definition) is 1. The molecule has 1 N–H and O–H groups in total. The number of hydrogen-bond acceptors (Lipinski definition) is 4. The Morgan fingerprint density at radius 3 is 2.28 bits per heavy atom. The third kappa shape index (κ3) is 5.14. The zero-order valence-electron chi connectivity index (χ0n) is 15.2. The van der Waals surface area contributed by atoms with Crippen LogP contribution < -0.4 is 19.5 Å². The Kier molecular flexibility index (Phi) is 6.69. The van der Waals surface area contributed by atoms with Crippen molar-refractivity contribution in [1.29, 1.82) is 0 Å². The molecule has 1 unspecified atom stereocenters. The summed E-state index contributed by atoms with van der Waals surface area (Å²) in [4.78, 5) is 12.2. The van der Waals surface area contributed by atoms with Crippen molar-refractivity contribution < 1.29 is 19.0 Å². The molecule has 0 saturated heterocycles. The van der Waals surface area contributed by atoms with Gasteiger partial charge in [0.1, 0.15) is 17.2 Å². The van der Waals surface area contributed by atoms with Gasteiger partial charge in [-0.05, 0) is 54.8 Å². The van der Waals surface area contributed by atoms with Gasteiger partial charge in [0.15, 0.2) is 6.61 Å². The maximum atomic E-state index is 12.2. The Hall–Kier alpha value is -2.69. The van der Waals surface area contributed by atoms with Gasteiger partial charge in [-0.3, -0.25) is 4.79 Å². The molecule has 1 atom stereocenters. The van der Waals surface area contributed by atoms with Gasteiger partial charge in [0.25, 0.3) is 5.91 Å². The fourth-order valence-corrected chi connectivity index (χ4v) is 2.60. The van der Waals surface area contributed by atoms with Gasteiger partial charge in [-0.15, -0.1) is 0 Å². The molecule has 5 nitrogen and oxygen atoms in total. The topological polar surface area (TPSA) is 56.8 Å². The molecule has 0 fully saturated rings. The van der Waals surface area contributed by atoms with Crippen molar-refractivity contribution in [3.8, 4) is 17.2 Å². The van der Waals surface area contributed by atoms with Gasteiger partial charge in [0, 0.05) is 0 Å². The predicted octanol–water partition coefficient (Wildman–Crippen LogP) is 3.66. The van der Waals surface area contributed by atoms with Crippen molar-refractivity contribution in [2.75, 3.05) is 20.8 Å². The first-order chi connectivity index (χ1) is 12.1. The Bertz CT molecular complexity index is 697. The van der Waals surface area contributed by atoms with E-state index in [1.807, 2.05) is 32.0 Å². The first kappa shape index (κ1) is 18.6. The lowest BCUT2D eigenvalue weighted by molar-refractivity contribution is -0.123. The van der Waals surface area contributed by atoms with Crippen LogP contribution in [0.15, 0.2) is 42.5 Å². The first-order valence-electron chi connectivity index (χ1n) is 8.28. The maximum Gasteiger partial charge on any atom is 0.258 e. The summed E-state index contributed by atoms with van der Waals surface area (Å²) in [7, 11) is 3.26. The molecule has 134 valence electrons. The van der Waals surface area contributed by atoms with Gasteiger partial charge in [-0.25, -0.2) is 0 Å². The molecule has 0 aliphatic rings. The summed E-state index contributed by atoms with van der Waals surface area (Å²) in [6, 6.07) is 13.0. The lowest BCUT2D eigenvalue weighted by Crippen LogP contribution is -2.32. The van der Waals surface area contributed by atoms with E-state index < -0.39 is 0 Å². The fraction of sp³-hybridized carbons (Fsp3) is 0.350. The largest absolute Gasteiger partial charge is 0.497 e. The highest BCUT2D eigenvalue weighted by molar-refractivity contribution is 5.78. The van der Waals surface area contributed by atoms with Gasteiger partial charge in [0.2, 0.25) is 0 Å². The van der Waals surface area contributed by atoms with Crippen LogP contribution in [0.1, 0.15) is 30.5 Å². The van der Waals surface area contributed by atoms with E-state index in [2.05, 4.69) is 5.32 Å². The lowest BCUT2D eigenvalue weighted by atomic mass is 10.0. The number of aryl methyl sites for hydroxylation is 1. The van der Waals surface area contributed by atoms with E-state index in [0.717, 1.165) is 29.0 Å². The molecule has 5 heteroatoms. The van der Waals surface area contributed by atoms with Crippen molar-refractivity contribution in [3.05, 3.63) is 53.6 Å². The number of carbonyl (C=O) groups is 1. The highest BCUT2D eigenvalue weighted by atomic mass is 16.5. The molecule has 25 heavy (non-hydrogen) atoms. The Morgan fingerprint density at radius 1 is 1.04 bits per heavy atom. The monoisotopic (exact) mass is 343 g/mol. The second-order valence-electron chi connectivity index (χ2n) is 5.72. The second-order valence-corrected chi connectivity index (χ2v) is 5.72. The molecule has 0 aliphatic carbocycles. The molecule has 1 amide bonds. The fourth-order valence-electron chi connectivity index (χ4n) is 2.60. The van der Waals surface area contributed by atoms with E-state index in [9.17, 15) is 4.79 Å². The van der Waals surface area contributed by atoms with Crippen LogP contribution in [0.25, 0.3) is 0 Å². The van der Waals surface area contributed by atoms with E-state index in [0.29, 0.717) is 5.75 Å². The van der Waals surface area contributed by atoms with Crippen molar-refractivity contribution in [3.63, 3.8) is 0 Å². The molecule has 2 aromatic rings. The van der Waals surface area contributed by atoms with E-state index >= 15 is 0 Å². The number of carbonyl (C=O) groups excluding carboxylic acids is 1. The maximum absolute atomic E-state index is 12.2. The summed E-state index contributed by atoms with van der Waals surface area (Å²) in [6.45, 7) is 4.00. The Labute approximate surface area is 148 Å². The van der Waals surface area contributed by atoms with Crippen LogP contribution in [0, 0.1) is 6.92 Å². The van der Waals surface area contributed by atoms with Crippen LogP contribution in [0.5, 0.6) is 17.2 Å². The molecule has 0 spiro atoms. The molecule has 2 aromatic carbocycles. The van der Waals surface area contributed by atoms with Gasteiger partial charge >= 0.3 is 0 Å². The average molecular weight is 343 g/mol. The molecule has 0 heterocycles. The quantitative estimate of drug-likeness (QED) is 0.795.